The summed E-state index contributed by atoms with van der Waals surface area (Å²) in [4.78, 5) is 4.23. The van der Waals surface area contributed by atoms with Crippen LogP contribution in [0.1, 0.15) is 12.6 Å². The summed E-state index contributed by atoms with van der Waals surface area (Å²) in [6, 6.07) is 15.3. The predicted octanol–water partition coefficient (Wildman–Crippen LogP) is 4.04. The summed E-state index contributed by atoms with van der Waals surface area (Å²) in [6.07, 6.45) is 0. The third kappa shape index (κ3) is 3.21. The van der Waals surface area contributed by atoms with Gasteiger partial charge in [0.05, 0.1) is 5.02 Å². The monoisotopic (exact) mass is 341 g/mol. The molecule has 0 N–H and O–H groups in total. The molecule has 0 amide bonds. The lowest BCUT2D eigenvalue weighted by Crippen LogP contribution is -2.00. The largest absolute Gasteiger partial charge is 0.302 e. The molecule has 3 aromatic rings. The molecule has 7 heteroatoms. The second-order valence-electron chi connectivity index (χ2n) is 4.61. The van der Waals surface area contributed by atoms with E-state index in [-0.39, 0.29) is 5.69 Å². The molecular formula is C16H12ClN5S. The van der Waals surface area contributed by atoms with E-state index >= 15 is 0 Å². The van der Waals surface area contributed by atoms with Crippen LogP contribution >= 0.6 is 23.4 Å². The summed E-state index contributed by atoms with van der Waals surface area (Å²) in [6.45, 7) is 2.77. The maximum atomic E-state index is 9.02. The van der Waals surface area contributed by atoms with Gasteiger partial charge in [-0.15, -0.1) is 10.2 Å². The number of aromatic nitrogens is 4. The lowest BCUT2D eigenvalue weighted by atomic mass is 10.2. The fraction of sp³-hybridized carbons (Fsp3) is 0.125. The van der Waals surface area contributed by atoms with E-state index in [9.17, 15) is 0 Å². The summed E-state index contributed by atoms with van der Waals surface area (Å²) in [5.41, 5.74) is 1.22. The molecule has 3 rings (SSSR count). The van der Waals surface area contributed by atoms with Crippen molar-refractivity contribution in [3.05, 3.63) is 53.2 Å². The van der Waals surface area contributed by atoms with E-state index in [0.29, 0.717) is 10.0 Å². The van der Waals surface area contributed by atoms with Crippen molar-refractivity contribution in [2.24, 2.45) is 0 Å². The van der Waals surface area contributed by atoms with Gasteiger partial charge in [0.2, 0.25) is 0 Å². The SMILES string of the molecule is CCn1c(Sc2ccc(Cl)c(C#N)n2)nnc1-c1ccccc1. The molecule has 2 aromatic heterocycles. The maximum absolute atomic E-state index is 9.02. The Morgan fingerprint density at radius 1 is 1.17 bits per heavy atom. The van der Waals surface area contributed by atoms with E-state index in [1.54, 1.807) is 12.1 Å². The smallest absolute Gasteiger partial charge is 0.197 e. The quantitative estimate of drug-likeness (QED) is 0.716. The minimum absolute atomic E-state index is 0.211. The van der Waals surface area contributed by atoms with Crippen molar-refractivity contribution in [1.29, 1.82) is 5.26 Å². The predicted molar refractivity (Wildman–Crippen MR) is 89.2 cm³/mol. The molecule has 0 aliphatic heterocycles. The number of pyridine rings is 1. The third-order valence-corrected chi connectivity index (χ3v) is 4.41. The van der Waals surface area contributed by atoms with Crippen LogP contribution in [-0.2, 0) is 6.54 Å². The van der Waals surface area contributed by atoms with E-state index in [0.717, 1.165) is 23.1 Å². The zero-order valence-corrected chi connectivity index (χ0v) is 13.8. The minimum Gasteiger partial charge on any atom is -0.302 e. The molecule has 23 heavy (non-hydrogen) atoms. The summed E-state index contributed by atoms with van der Waals surface area (Å²) in [5, 5.41) is 19.3. The molecular weight excluding hydrogens is 330 g/mol. The normalized spacial score (nSPS) is 10.5. The first-order chi connectivity index (χ1) is 11.2. The van der Waals surface area contributed by atoms with Gasteiger partial charge < -0.3 is 4.57 Å². The van der Waals surface area contributed by atoms with Crippen molar-refractivity contribution in [3.63, 3.8) is 0 Å². The van der Waals surface area contributed by atoms with Gasteiger partial charge in [0.15, 0.2) is 16.7 Å². The summed E-state index contributed by atoms with van der Waals surface area (Å²) in [7, 11) is 0. The molecule has 0 radical (unpaired) electrons. The molecule has 0 saturated heterocycles. The van der Waals surface area contributed by atoms with Crippen LogP contribution in [0.15, 0.2) is 52.6 Å². The van der Waals surface area contributed by atoms with Crippen LogP contribution in [0.4, 0.5) is 0 Å². The second kappa shape index (κ2) is 6.82. The van der Waals surface area contributed by atoms with E-state index < -0.39 is 0 Å². The number of rotatable bonds is 4. The average molecular weight is 342 g/mol. The zero-order chi connectivity index (χ0) is 16.2. The van der Waals surface area contributed by atoms with E-state index in [1.807, 2.05) is 47.9 Å². The fourth-order valence-electron chi connectivity index (χ4n) is 2.10. The molecule has 114 valence electrons. The van der Waals surface area contributed by atoms with E-state index in [2.05, 4.69) is 15.2 Å². The van der Waals surface area contributed by atoms with Gasteiger partial charge in [-0.1, -0.05) is 41.9 Å². The third-order valence-electron chi connectivity index (χ3n) is 3.19. The molecule has 1 aromatic carbocycles. The molecule has 0 spiro atoms. The Labute approximate surface area is 143 Å². The lowest BCUT2D eigenvalue weighted by Gasteiger charge is -2.07. The average Bonchev–Trinajstić information content (AvgIpc) is 3.00. The Morgan fingerprint density at radius 2 is 1.96 bits per heavy atom. The lowest BCUT2D eigenvalue weighted by molar-refractivity contribution is 0.686. The van der Waals surface area contributed by atoms with Crippen LogP contribution in [0.3, 0.4) is 0 Å². The standard InChI is InChI=1S/C16H12ClN5S/c1-2-22-15(11-6-4-3-5-7-11)20-21-16(22)23-14-9-8-12(17)13(10-18)19-14/h3-9H,2H2,1H3. The Kier molecular flexibility index (Phi) is 4.60. The number of halogens is 1. The highest BCUT2D eigenvalue weighted by Gasteiger charge is 2.15. The number of benzene rings is 1. The first-order valence-corrected chi connectivity index (χ1v) is 8.15. The Balaban J connectivity index is 1.96. The Hall–Kier alpha value is -2.36. The van der Waals surface area contributed by atoms with Crippen LogP contribution in [0, 0.1) is 11.3 Å². The van der Waals surface area contributed by atoms with Crippen molar-refractivity contribution < 1.29 is 0 Å². The molecule has 0 unspecified atom stereocenters. The highest BCUT2D eigenvalue weighted by Crippen LogP contribution is 2.29. The molecule has 0 bridgehead atoms. The van der Waals surface area contributed by atoms with Gasteiger partial charge in [-0.2, -0.15) is 5.26 Å². The number of nitrogens with zero attached hydrogens (tertiary/aromatic N) is 5. The zero-order valence-electron chi connectivity index (χ0n) is 12.3. The summed E-state index contributed by atoms with van der Waals surface area (Å²) in [5.74, 6) is 0.810. The van der Waals surface area contributed by atoms with Gasteiger partial charge in [-0.05, 0) is 30.8 Å². The molecule has 5 nitrogen and oxygen atoms in total. The van der Waals surface area contributed by atoms with Crippen LogP contribution in [0.5, 0.6) is 0 Å². The fourth-order valence-corrected chi connectivity index (χ4v) is 3.12. The summed E-state index contributed by atoms with van der Waals surface area (Å²) >= 11 is 7.28. The van der Waals surface area contributed by atoms with Crippen molar-refractivity contribution in [3.8, 4) is 17.5 Å². The van der Waals surface area contributed by atoms with Crippen LogP contribution in [0.2, 0.25) is 5.02 Å². The Bertz CT molecular complexity index is 870. The van der Waals surface area contributed by atoms with E-state index in [1.165, 1.54) is 11.8 Å². The van der Waals surface area contributed by atoms with Crippen molar-refractivity contribution in [2.75, 3.05) is 0 Å². The molecule has 0 aliphatic rings. The van der Waals surface area contributed by atoms with Crippen LogP contribution in [-0.4, -0.2) is 19.7 Å². The first-order valence-electron chi connectivity index (χ1n) is 6.96. The topological polar surface area (TPSA) is 67.4 Å². The first kappa shape index (κ1) is 15.5. The number of hydrogen-bond donors (Lipinski definition) is 0. The number of hydrogen-bond acceptors (Lipinski definition) is 5. The van der Waals surface area contributed by atoms with Gasteiger partial charge in [0.25, 0.3) is 0 Å². The van der Waals surface area contributed by atoms with Crippen LogP contribution < -0.4 is 0 Å². The second-order valence-corrected chi connectivity index (χ2v) is 6.00. The molecule has 0 aliphatic carbocycles. The van der Waals surface area contributed by atoms with Gasteiger partial charge in [0, 0.05) is 12.1 Å². The minimum atomic E-state index is 0.211. The van der Waals surface area contributed by atoms with Gasteiger partial charge >= 0.3 is 0 Å². The highest BCUT2D eigenvalue weighted by atomic mass is 35.5. The van der Waals surface area contributed by atoms with Crippen LogP contribution in [0.25, 0.3) is 11.4 Å². The van der Waals surface area contributed by atoms with Crippen molar-refractivity contribution in [2.45, 2.75) is 23.7 Å². The summed E-state index contributed by atoms with van der Waals surface area (Å²) < 4.78 is 2.02. The van der Waals surface area contributed by atoms with Gasteiger partial charge in [-0.3, -0.25) is 0 Å². The van der Waals surface area contributed by atoms with Crippen molar-refractivity contribution >= 4 is 23.4 Å². The highest BCUT2D eigenvalue weighted by molar-refractivity contribution is 7.99. The van der Waals surface area contributed by atoms with Gasteiger partial charge in [-0.25, -0.2) is 4.98 Å². The molecule has 2 heterocycles. The molecule has 0 atom stereocenters. The van der Waals surface area contributed by atoms with Gasteiger partial charge in [0.1, 0.15) is 11.1 Å². The number of nitriles is 1. The van der Waals surface area contributed by atoms with Crippen molar-refractivity contribution in [1.82, 2.24) is 19.7 Å². The Morgan fingerprint density at radius 3 is 2.65 bits per heavy atom. The van der Waals surface area contributed by atoms with E-state index in [4.69, 9.17) is 16.9 Å². The molecule has 0 fully saturated rings. The maximum Gasteiger partial charge on any atom is 0.197 e. The molecule has 0 saturated carbocycles.